The number of hydrogen-bond donors (Lipinski definition) is 3. The van der Waals surface area contributed by atoms with Crippen LogP contribution in [-0.4, -0.2) is 38.2 Å². The summed E-state index contributed by atoms with van der Waals surface area (Å²) in [5, 5.41) is 8.53. The highest BCUT2D eigenvalue weighted by atomic mass is 32.2. The van der Waals surface area contributed by atoms with Crippen molar-refractivity contribution in [1.82, 2.24) is 9.44 Å². The van der Waals surface area contributed by atoms with E-state index >= 15 is 0 Å². The fourth-order valence-electron chi connectivity index (χ4n) is 0.955. The number of rotatable bonds is 5. The number of aliphatic carboxylic acids is 1. The van der Waals surface area contributed by atoms with Gasteiger partial charge in [0.15, 0.2) is 0 Å². The number of amides is 1. The van der Waals surface area contributed by atoms with Gasteiger partial charge in [0, 0.05) is 5.54 Å². The topological polar surface area (TPSA) is 122 Å². The monoisotopic (exact) mass is 254 g/mol. The first kappa shape index (κ1) is 14.6. The molecule has 1 amide bonds. The van der Waals surface area contributed by atoms with Gasteiger partial charge in [-0.1, -0.05) is 0 Å². The zero-order valence-electron chi connectivity index (χ0n) is 9.10. The van der Waals surface area contributed by atoms with Crippen molar-refractivity contribution in [3.63, 3.8) is 0 Å². The molecule has 0 fully saturated rings. The summed E-state index contributed by atoms with van der Waals surface area (Å²) in [5.41, 5.74) is -1.22. The van der Waals surface area contributed by atoms with Gasteiger partial charge in [-0.15, -0.1) is 0 Å². The molecule has 0 atom stereocenters. The molecule has 0 aliphatic rings. The summed E-state index contributed by atoms with van der Waals surface area (Å²) in [4.78, 5) is 21.1. The Morgan fingerprint density at radius 2 is 1.88 bits per heavy atom. The third kappa shape index (κ3) is 6.19. The number of carbonyl (C=O) groups excluding carboxylic acids is 1. The average molecular weight is 254 g/mol. The molecular formula is C7H14N2O6S. The van der Waals surface area contributed by atoms with Gasteiger partial charge in [0.2, 0.25) is 0 Å². The van der Waals surface area contributed by atoms with Crippen LogP contribution in [0, 0.1) is 0 Å². The number of hydrogen-bond acceptors (Lipinski definition) is 5. The SMILES string of the molecule is COC(=O)NS(=O)(=O)NC(C)(C)CC(=O)O. The third-order valence-electron chi connectivity index (χ3n) is 1.41. The lowest BCUT2D eigenvalue weighted by Gasteiger charge is -2.23. The Hall–Kier alpha value is -1.35. The summed E-state index contributed by atoms with van der Waals surface area (Å²) >= 11 is 0. The standard InChI is InChI=1S/C7H14N2O6S/c1-7(2,4-5(10)11)9-16(13,14)8-6(12)15-3/h9H,4H2,1-3H3,(H,8,12)(H,10,11). The Balaban J connectivity index is 4.58. The quantitative estimate of drug-likeness (QED) is 0.604. The highest BCUT2D eigenvalue weighted by Gasteiger charge is 2.28. The van der Waals surface area contributed by atoms with E-state index in [1.165, 1.54) is 13.8 Å². The number of carboxylic acid groups (broad SMARTS) is 1. The van der Waals surface area contributed by atoms with Crippen molar-refractivity contribution < 1.29 is 27.9 Å². The summed E-state index contributed by atoms with van der Waals surface area (Å²) in [7, 11) is -3.13. The molecule has 9 heteroatoms. The molecule has 0 aromatic carbocycles. The minimum atomic E-state index is -4.13. The summed E-state index contributed by atoms with van der Waals surface area (Å²) < 4.78 is 30.2. The maximum Gasteiger partial charge on any atom is 0.421 e. The molecule has 0 saturated heterocycles. The Kier molecular flexibility index (Phi) is 4.69. The molecule has 0 aliphatic heterocycles. The predicted octanol–water partition coefficient (Wildman–Crippen LogP) is -0.570. The Morgan fingerprint density at radius 1 is 1.38 bits per heavy atom. The fourth-order valence-corrected chi connectivity index (χ4v) is 2.11. The zero-order chi connectivity index (χ0) is 13.0. The van der Waals surface area contributed by atoms with Crippen molar-refractivity contribution >= 4 is 22.3 Å². The minimum Gasteiger partial charge on any atom is -0.481 e. The van der Waals surface area contributed by atoms with Gasteiger partial charge in [0.05, 0.1) is 13.5 Å². The predicted molar refractivity (Wildman–Crippen MR) is 53.9 cm³/mol. The van der Waals surface area contributed by atoms with Crippen LogP contribution in [0.15, 0.2) is 0 Å². The molecule has 0 bridgehead atoms. The summed E-state index contributed by atoms with van der Waals surface area (Å²) in [6.45, 7) is 2.75. The van der Waals surface area contributed by atoms with Crippen LogP contribution >= 0.6 is 0 Å². The molecule has 16 heavy (non-hydrogen) atoms. The highest BCUT2D eigenvalue weighted by molar-refractivity contribution is 7.88. The molecule has 0 saturated carbocycles. The van der Waals surface area contributed by atoms with E-state index in [0.717, 1.165) is 7.11 Å². The number of nitrogens with one attached hydrogen (secondary N) is 2. The molecule has 94 valence electrons. The third-order valence-corrected chi connectivity index (χ3v) is 2.66. The van der Waals surface area contributed by atoms with Crippen molar-refractivity contribution in [1.29, 1.82) is 0 Å². The van der Waals surface area contributed by atoms with E-state index < -0.39 is 34.2 Å². The van der Waals surface area contributed by atoms with Gasteiger partial charge in [-0.05, 0) is 13.8 Å². The molecule has 0 aromatic heterocycles. The molecule has 0 aromatic rings. The van der Waals surface area contributed by atoms with Crippen LogP contribution in [0.5, 0.6) is 0 Å². The second-order valence-corrected chi connectivity index (χ2v) is 5.07. The van der Waals surface area contributed by atoms with Gasteiger partial charge < -0.3 is 9.84 Å². The number of carbonyl (C=O) groups is 2. The first-order valence-electron chi connectivity index (χ1n) is 4.19. The van der Waals surface area contributed by atoms with E-state index in [4.69, 9.17) is 5.11 Å². The highest BCUT2D eigenvalue weighted by Crippen LogP contribution is 2.09. The number of methoxy groups -OCH3 is 1. The van der Waals surface area contributed by atoms with E-state index in [1.54, 1.807) is 4.72 Å². The lowest BCUT2D eigenvalue weighted by molar-refractivity contribution is -0.138. The van der Waals surface area contributed by atoms with Crippen molar-refractivity contribution in [3.8, 4) is 0 Å². The largest absolute Gasteiger partial charge is 0.481 e. The van der Waals surface area contributed by atoms with Crippen molar-refractivity contribution in [2.45, 2.75) is 25.8 Å². The molecule has 8 nitrogen and oxygen atoms in total. The lowest BCUT2D eigenvalue weighted by atomic mass is 10.0. The van der Waals surface area contributed by atoms with E-state index in [1.807, 2.05) is 4.72 Å². The molecule has 0 radical (unpaired) electrons. The first-order chi connectivity index (χ1) is 7.08. The lowest BCUT2D eigenvalue weighted by Crippen LogP contribution is -2.51. The van der Waals surface area contributed by atoms with Gasteiger partial charge in [-0.25, -0.2) is 9.52 Å². The first-order valence-corrected chi connectivity index (χ1v) is 5.68. The average Bonchev–Trinajstić information content (AvgIpc) is 1.97. The fraction of sp³-hybridized carbons (Fsp3) is 0.714. The van der Waals surface area contributed by atoms with Crippen LogP contribution in [0.4, 0.5) is 4.79 Å². The molecule has 0 spiro atoms. The van der Waals surface area contributed by atoms with Crippen molar-refractivity contribution in [2.75, 3.05) is 7.11 Å². The maximum absolute atomic E-state index is 11.3. The van der Waals surface area contributed by atoms with Crippen LogP contribution in [0.1, 0.15) is 20.3 Å². The van der Waals surface area contributed by atoms with Crippen molar-refractivity contribution in [3.05, 3.63) is 0 Å². The molecular weight excluding hydrogens is 240 g/mol. The molecule has 0 unspecified atom stereocenters. The second-order valence-electron chi connectivity index (χ2n) is 3.65. The minimum absolute atomic E-state index is 0.422. The van der Waals surface area contributed by atoms with E-state index in [0.29, 0.717) is 0 Å². The number of carboxylic acids is 1. The van der Waals surface area contributed by atoms with Gasteiger partial charge >= 0.3 is 22.3 Å². The summed E-state index contributed by atoms with van der Waals surface area (Å²) in [6, 6.07) is 0. The van der Waals surface area contributed by atoms with Crippen LogP contribution in [0.2, 0.25) is 0 Å². The van der Waals surface area contributed by atoms with Gasteiger partial charge in [0.25, 0.3) is 0 Å². The van der Waals surface area contributed by atoms with Gasteiger partial charge in [-0.3, -0.25) is 4.79 Å². The van der Waals surface area contributed by atoms with Gasteiger partial charge in [-0.2, -0.15) is 13.1 Å². The Bertz CT molecular complexity index is 374. The molecule has 0 heterocycles. The van der Waals surface area contributed by atoms with Gasteiger partial charge in [0.1, 0.15) is 0 Å². The zero-order valence-corrected chi connectivity index (χ0v) is 9.92. The van der Waals surface area contributed by atoms with Crippen molar-refractivity contribution in [2.24, 2.45) is 0 Å². The van der Waals surface area contributed by atoms with E-state index in [-0.39, 0.29) is 0 Å². The molecule has 0 aliphatic carbocycles. The van der Waals surface area contributed by atoms with Crippen LogP contribution < -0.4 is 9.44 Å². The summed E-state index contributed by atoms with van der Waals surface area (Å²) in [6.07, 6.45) is -1.58. The smallest absolute Gasteiger partial charge is 0.421 e. The Morgan fingerprint density at radius 3 is 2.25 bits per heavy atom. The molecule has 3 N–H and O–H groups in total. The summed E-state index contributed by atoms with van der Waals surface area (Å²) in [5.74, 6) is -1.16. The second kappa shape index (κ2) is 5.12. The molecule has 0 rings (SSSR count). The normalized spacial score (nSPS) is 11.9. The van der Waals surface area contributed by atoms with Crippen LogP contribution in [0.3, 0.4) is 0 Å². The van der Waals surface area contributed by atoms with Crippen LogP contribution in [-0.2, 0) is 19.7 Å². The Labute approximate surface area is 93.2 Å². The van der Waals surface area contributed by atoms with Crippen LogP contribution in [0.25, 0.3) is 0 Å². The van der Waals surface area contributed by atoms with E-state index in [2.05, 4.69) is 4.74 Å². The van der Waals surface area contributed by atoms with E-state index in [9.17, 15) is 18.0 Å². The maximum atomic E-state index is 11.3. The number of ether oxygens (including phenoxy) is 1.